The molecule has 3 nitrogen and oxygen atoms in total. The van der Waals surface area contributed by atoms with Crippen molar-refractivity contribution in [3.05, 3.63) is 0 Å². The maximum atomic E-state index is 3.77. The predicted octanol–water partition coefficient (Wildman–Crippen LogP) is -0.825. The quantitative estimate of drug-likeness (QED) is 0.387. The average molecular weight is 83.1 g/mol. The van der Waals surface area contributed by atoms with Gasteiger partial charge in [-0.05, 0) is 0 Å². The molecule has 0 radical (unpaired) electrons. The molecule has 0 amide bonds. The molecule has 6 heavy (non-hydrogen) atoms. The van der Waals surface area contributed by atoms with E-state index in [9.17, 15) is 0 Å². The monoisotopic (exact) mass is 83.0 g/mol. The summed E-state index contributed by atoms with van der Waals surface area (Å²) in [5.41, 5.74) is 2.89. The Morgan fingerprint density at radius 3 is 3.17 bits per heavy atom. The van der Waals surface area contributed by atoms with Gasteiger partial charge in [0.1, 0.15) is 12.5 Å². The van der Waals surface area contributed by atoms with Crippen LogP contribution in [0, 0.1) is 0 Å². The van der Waals surface area contributed by atoms with Gasteiger partial charge in [0.05, 0.1) is 6.54 Å². The van der Waals surface area contributed by atoms with Crippen molar-refractivity contribution in [2.75, 3.05) is 6.54 Å². The van der Waals surface area contributed by atoms with Crippen molar-refractivity contribution in [1.82, 2.24) is 10.3 Å². The molecular formula is C3H5N3. The zero-order valence-corrected chi connectivity index (χ0v) is 3.26. The molecule has 0 aromatic rings. The van der Waals surface area contributed by atoms with Crippen LogP contribution in [0.4, 0.5) is 0 Å². The first-order chi connectivity index (χ1) is 2.97. The van der Waals surface area contributed by atoms with Crippen LogP contribution in [0.5, 0.6) is 0 Å². The van der Waals surface area contributed by atoms with Gasteiger partial charge in [0.25, 0.3) is 0 Å². The SMILES string of the molecule is C1=NNC2CN12. The van der Waals surface area contributed by atoms with E-state index in [1.807, 2.05) is 6.34 Å². The summed E-state index contributed by atoms with van der Waals surface area (Å²) in [6, 6.07) is 0. The Bertz CT molecular complexity index is 98.2. The number of fused-ring (bicyclic) bond motifs is 1. The minimum Gasteiger partial charge on any atom is -0.334 e. The summed E-state index contributed by atoms with van der Waals surface area (Å²) >= 11 is 0. The van der Waals surface area contributed by atoms with Crippen molar-refractivity contribution >= 4 is 6.34 Å². The molecule has 32 valence electrons. The number of hydrogen-bond donors (Lipinski definition) is 1. The second kappa shape index (κ2) is 0.531. The third-order valence-electron chi connectivity index (χ3n) is 1.08. The Morgan fingerprint density at radius 2 is 3.00 bits per heavy atom. The van der Waals surface area contributed by atoms with Gasteiger partial charge in [-0.2, -0.15) is 5.10 Å². The second-order valence-electron chi connectivity index (χ2n) is 1.59. The molecule has 0 bridgehead atoms. The minimum atomic E-state index is 0.574. The van der Waals surface area contributed by atoms with E-state index in [0.29, 0.717) is 6.17 Å². The molecule has 0 aliphatic carbocycles. The number of hydrogen-bond acceptors (Lipinski definition) is 3. The van der Waals surface area contributed by atoms with E-state index < -0.39 is 0 Å². The lowest BCUT2D eigenvalue weighted by Crippen LogP contribution is -2.05. The normalized spacial score (nSPS) is 36.0. The summed E-state index contributed by atoms with van der Waals surface area (Å²) in [5, 5.41) is 3.77. The summed E-state index contributed by atoms with van der Waals surface area (Å²) in [6.07, 6.45) is 2.40. The standard InChI is InChI=1S/C3H5N3/c1-3-5-4-2-6(1)3/h2-3,5H,1H2. The van der Waals surface area contributed by atoms with Crippen LogP contribution >= 0.6 is 0 Å². The van der Waals surface area contributed by atoms with Crippen LogP contribution in [0.3, 0.4) is 0 Å². The van der Waals surface area contributed by atoms with Crippen molar-refractivity contribution < 1.29 is 0 Å². The molecule has 0 aromatic carbocycles. The highest BCUT2D eigenvalue weighted by molar-refractivity contribution is 5.61. The van der Waals surface area contributed by atoms with Crippen LogP contribution in [-0.2, 0) is 0 Å². The van der Waals surface area contributed by atoms with Crippen LogP contribution in [0.15, 0.2) is 5.10 Å². The highest BCUT2D eigenvalue weighted by Gasteiger charge is 2.34. The molecular weight excluding hydrogens is 78.1 g/mol. The lowest BCUT2D eigenvalue weighted by Gasteiger charge is -1.78. The largest absolute Gasteiger partial charge is 0.334 e. The fourth-order valence-electron chi connectivity index (χ4n) is 0.589. The highest BCUT2D eigenvalue weighted by Crippen LogP contribution is 2.13. The maximum Gasteiger partial charge on any atom is 0.134 e. The summed E-state index contributed by atoms with van der Waals surface area (Å²) in [5.74, 6) is 0. The lowest BCUT2D eigenvalue weighted by molar-refractivity contribution is 0.693. The first-order valence-electron chi connectivity index (χ1n) is 2.01. The highest BCUT2D eigenvalue weighted by atomic mass is 15.6. The summed E-state index contributed by atoms with van der Waals surface area (Å²) in [7, 11) is 0. The van der Waals surface area contributed by atoms with Gasteiger partial charge in [-0.15, -0.1) is 0 Å². The molecule has 3 heteroatoms. The van der Waals surface area contributed by atoms with Gasteiger partial charge in [0, 0.05) is 0 Å². The van der Waals surface area contributed by atoms with Crippen LogP contribution < -0.4 is 5.43 Å². The van der Waals surface area contributed by atoms with E-state index >= 15 is 0 Å². The molecule has 1 atom stereocenters. The van der Waals surface area contributed by atoms with E-state index in [4.69, 9.17) is 0 Å². The first kappa shape index (κ1) is 2.44. The molecule has 2 aliphatic rings. The van der Waals surface area contributed by atoms with E-state index in [0.717, 1.165) is 6.54 Å². The lowest BCUT2D eigenvalue weighted by atomic mass is 10.8. The summed E-state index contributed by atoms with van der Waals surface area (Å²) < 4.78 is 0. The Hall–Kier alpha value is -0.730. The molecule has 2 rings (SSSR count). The molecule has 2 heterocycles. The number of rotatable bonds is 0. The van der Waals surface area contributed by atoms with Crippen molar-refractivity contribution in [2.24, 2.45) is 5.10 Å². The number of hydrazone groups is 1. The van der Waals surface area contributed by atoms with Crippen molar-refractivity contribution in [2.45, 2.75) is 6.17 Å². The van der Waals surface area contributed by atoms with Crippen molar-refractivity contribution in [3.8, 4) is 0 Å². The predicted molar refractivity (Wildman–Crippen MR) is 22.1 cm³/mol. The smallest absolute Gasteiger partial charge is 0.134 e. The van der Waals surface area contributed by atoms with Gasteiger partial charge in [-0.1, -0.05) is 0 Å². The van der Waals surface area contributed by atoms with Crippen molar-refractivity contribution in [1.29, 1.82) is 0 Å². The third kappa shape index (κ3) is 0.133. The van der Waals surface area contributed by atoms with Gasteiger partial charge in [0.15, 0.2) is 0 Å². The van der Waals surface area contributed by atoms with E-state index in [1.165, 1.54) is 0 Å². The molecule has 1 saturated heterocycles. The zero-order chi connectivity index (χ0) is 3.98. The Labute approximate surface area is 35.6 Å². The Kier molecular flexibility index (Phi) is 0.216. The molecule has 1 unspecified atom stereocenters. The second-order valence-corrected chi connectivity index (χ2v) is 1.59. The molecule has 1 N–H and O–H groups in total. The van der Waals surface area contributed by atoms with Gasteiger partial charge in [-0.3, -0.25) is 5.43 Å². The van der Waals surface area contributed by atoms with Gasteiger partial charge in [-0.25, -0.2) is 0 Å². The number of nitrogens with zero attached hydrogens (tertiary/aromatic N) is 2. The van der Waals surface area contributed by atoms with Crippen LogP contribution in [0.25, 0.3) is 0 Å². The van der Waals surface area contributed by atoms with Crippen LogP contribution in [0.1, 0.15) is 0 Å². The summed E-state index contributed by atoms with van der Waals surface area (Å²) in [6.45, 7) is 1.16. The average Bonchev–Trinajstić information content (AvgIpc) is 2.17. The molecule has 2 aliphatic heterocycles. The van der Waals surface area contributed by atoms with Gasteiger partial charge >= 0.3 is 0 Å². The van der Waals surface area contributed by atoms with E-state index in [-0.39, 0.29) is 0 Å². The Balaban J connectivity index is 2.26. The number of nitrogens with one attached hydrogen (secondary N) is 1. The van der Waals surface area contributed by atoms with E-state index in [2.05, 4.69) is 15.4 Å². The van der Waals surface area contributed by atoms with E-state index in [1.54, 1.807) is 0 Å². The first-order valence-corrected chi connectivity index (χ1v) is 2.01. The molecule has 0 spiro atoms. The molecule has 0 aromatic heterocycles. The maximum absolute atomic E-state index is 3.77. The fourth-order valence-corrected chi connectivity index (χ4v) is 0.589. The topological polar surface area (TPSA) is 27.4 Å². The van der Waals surface area contributed by atoms with Crippen molar-refractivity contribution in [3.63, 3.8) is 0 Å². The minimum absolute atomic E-state index is 0.574. The van der Waals surface area contributed by atoms with Gasteiger partial charge in [0.2, 0.25) is 0 Å². The summed E-state index contributed by atoms with van der Waals surface area (Å²) in [4.78, 5) is 2.12. The third-order valence-corrected chi connectivity index (χ3v) is 1.08. The zero-order valence-electron chi connectivity index (χ0n) is 3.26. The van der Waals surface area contributed by atoms with Crippen LogP contribution in [-0.4, -0.2) is 23.9 Å². The molecule has 1 fully saturated rings. The fraction of sp³-hybridized carbons (Fsp3) is 0.667. The van der Waals surface area contributed by atoms with Gasteiger partial charge < -0.3 is 4.90 Å². The van der Waals surface area contributed by atoms with Crippen LogP contribution in [0.2, 0.25) is 0 Å². The Morgan fingerprint density at radius 1 is 2.00 bits per heavy atom. The molecule has 0 saturated carbocycles.